The van der Waals surface area contributed by atoms with Gasteiger partial charge in [-0.25, -0.2) is 8.42 Å². The number of benzene rings is 1. The molecule has 1 aromatic carbocycles. The summed E-state index contributed by atoms with van der Waals surface area (Å²) in [6, 6.07) is 8.22. The maximum Gasteiger partial charge on any atom is 0.179 e. The normalized spacial score (nSPS) is 19.1. The van der Waals surface area contributed by atoms with Crippen LogP contribution in [-0.2, 0) is 9.84 Å². The van der Waals surface area contributed by atoms with Gasteiger partial charge in [0.2, 0.25) is 0 Å². The second kappa shape index (κ2) is 6.39. The summed E-state index contributed by atoms with van der Waals surface area (Å²) in [5, 5.41) is 8.86. The lowest BCUT2D eigenvalue weighted by Crippen LogP contribution is -2.44. The van der Waals surface area contributed by atoms with Crippen LogP contribution in [0.3, 0.4) is 0 Å². The van der Waals surface area contributed by atoms with Crippen LogP contribution in [0.5, 0.6) is 0 Å². The molecular formula is C15H20N2O2S2. The van der Waals surface area contributed by atoms with Gasteiger partial charge < -0.3 is 4.90 Å². The molecule has 1 aromatic rings. The number of thioether (sulfide) groups is 1. The molecule has 2 rings (SSSR count). The standard InChI is InChI=1S/C15H20N2O2S2/c1-15(2)12-17(6-8-20-15)7-9-21(18,19)14-5-3-4-13(10-14)11-16/h3-5,10H,6-9,12H2,1-2H3. The fraction of sp³-hybridized carbons (Fsp3) is 0.533. The van der Waals surface area contributed by atoms with Gasteiger partial charge in [-0.1, -0.05) is 6.07 Å². The van der Waals surface area contributed by atoms with Gasteiger partial charge >= 0.3 is 0 Å². The van der Waals surface area contributed by atoms with E-state index in [1.165, 1.54) is 6.07 Å². The molecule has 1 aliphatic heterocycles. The molecule has 0 spiro atoms. The summed E-state index contributed by atoms with van der Waals surface area (Å²) < 4.78 is 24.9. The molecule has 0 atom stereocenters. The summed E-state index contributed by atoms with van der Waals surface area (Å²) in [6.45, 7) is 6.76. The molecular weight excluding hydrogens is 304 g/mol. The van der Waals surface area contributed by atoms with Crippen LogP contribution in [-0.4, -0.2) is 49.2 Å². The molecule has 0 radical (unpaired) electrons. The van der Waals surface area contributed by atoms with Crippen molar-refractivity contribution in [3.63, 3.8) is 0 Å². The molecule has 21 heavy (non-hydrogen) atoms. The van der Waals surface area contributed by atoms with Gasteiger partial charge in [-0.05, 0) is 32.0 Å². The van der Waals surface area contributed by atoms with Crippen molar-refractivity contribution in [3.8, 4) is 6.07 Å². The predicted molar refractivity (Wildman–Crippen MR) is 86.2 cm³/mol. The quantitative estimate of drug-likeness (QED) is 0.849. The van der Waals surface area contributed by atoms with Crippen molar-refractivity contribution in [2.45, 2.75) is 23.5 Å². The Morgan fingerprint density at radius 1 is 1.43 bits per heavy atom. The van der Waals surface area contributed by atoms with Crippen LogP contribution in [0.1, 0.15) is 19.4 Å². The summed E-state index contributed by atoms with van der Waals surface area (Å²) in [5.41, 5.74) is 0.381. The van der Waals surface area contributed by atoms with E-state index in [1.54, 1.807) is 18.2 Å². The molecule has 4 nitrogen and oxygen atoms in total. The Balaban J connectivity index is 2.03. The number of sulfone groups is 1. The zero-order chi connectivity index (χ0) is 15.5. The monoisotopic (exact) mass is 324 g/mol. The molecule has 1 saturated heterocycles. The van der Waals surface area contributed by atoms with E-state index in [-0.39, 0.29) is 15.4 Å². The largest absolute Gasteiger partial charge is 0.300 e. The van der Waals surface area contributed by atoms with Gasteiger partial charge in [-0.15, -0.1) is 0 Å². The minimum atomic E-state index is -3.33. The van der Waals surface area contributed by atoms with Crippen molar-refractivity contribution >= 4 is 21.6 Å². The third-order valence-electron chi connectivity index (χ3n) is 3.50. The van der Waals surface area contributed by atoms with Crippen LogP contribution in [0.15, 0.2) is 29.2 Å². The average Bonchev–Trinajstić information content (AvgIpc) is 2.44. The van der Waals surface area contributed by atoms with Crippen LogP contribution in [0.4, 0.5) is 0 Å². The maximum absolute atomic E-state index is 12.4. The molecule has 1 fully saturated rings. The molecule has 0 N–H and O–H groups in total. The number of rotatable bonds is 4. The Kier molecular flexibility index (Phi) is 4.97. The molecule has 0 bridgehead atoms. The first-order chi connectivity index (χ1) is 9.82. The molecule has 1 heterocycles. The van der Waals surface area contributed by atoms with Crippen molar-refractivity contribution in [2.24, 2.45) is 0 Å². The Hall–Kier alpha value is -1.03. The highest BCUT2D eigenvalue weighted by Gasteiger charge is 2.27. The van der Waals surface area contributed by atoms with Gasteiger partial charge in [-0.2, -0.15) is 17.0 Å². The van der Waals surface area contributed by atoms with Gasteiger partial charge in [-0.3, -0.25) is 0 Å². The van der Waals surface area contributed by atoms with E-state index in [2.05, 4.69) is 18.7 Å². The maximum atomic E-state index is 12.4. The topological polar surface area (TPSA) is 61.2 Å². The molecule has 0 unspecified atom stereocenters. The molecule has 1 aliphatic rings. The SMILES string of the molecule is CC1(C)CN(CCS(=O)(=O)c2cccc(C#N)c2)CCS1. The first-order valence-electron chi connectivity index (χ1n) is 6.92. The number of hydrogen-bond acceptors (Lipinski definition) is 5. The lowest BCUT2D eigenvalue weighted by molar-refractivity contribution is 0.274. The Bertz CT molecular complexity index is 648. The zero-order valence-corrected chi connectivity index (χ0v) is 14.0. The van der Waals surface area contributed by atoms with E-state index >= 15 is 0 Å². The fourth-order valence-electron chi connectivity index (χ4n) is 2.43. The summed E-state index contributed by atoms with van der Waals surface area (Å²) in [6.07, 6.45) is 0. The Labute approximate surface area is 131 Å². The minimum absolute atomic E-state index is 0.0998. The lowest BCUT2D eigenvalue weighted by Gasteiger charge is -2.37. The van der Waals surface area contributed by atoms with Crippen LogP contribution in [0.2, 0.25) is 0 Å². The van der Waals surface area contributed by atoms with Crippen LogP contribution in [0.25, 0.3) is 0 Å². The van der Waals surface area contributed by atoms with Crippen molar-refractivity contribution in [1.82, 2.24) is 4.90 Å². The van der Waals surface area contributed by atoms with E-state index in [4.69, 9.17) is 5.26 Å². The number of nitriles is 1. The minimum Gasteiger partial charge on any atom is -0.300 e. The number of nitrogens with zero attached hydrogens (tertiary/aromatic N) is 2. The zero-order valence-electron chi connectivity index (χ0n) is 12.4. The van der Waals surface area contributed by atoms with E-state index in [0.29, 0.717) is 12.1 Å². The van der Waals surface area contributed by atoms with Crippen molar-refractivity contribution in [2.75, 3.05) is 31.1 Å². The van der Waals surface area contributed by atoms with Gasteiger partial charge in [0.05, 0.1) is 22.3 Å². The van der Waals surface area contributed by atoms with E-state index in [9.17, 15) is 8.42 Å². The fourth-order valence-corrected chi connectivity index (χ4v) is 4.93. The molecule has 6 heteroatoms. The predicted octanol–water partition coefficient (Wildman–Crippen LogP) is 2.16. The van der Waals surface area contributed by atoms with Crippen molar-refractivity contribution < 1.29 is 8.42 Å². The highest BCUT2D eigenvalue weighted by atomic mass is 32.2. The second-order valence-corrected chi connectivity index (χ2v) is 9.75. The van der Waals surface area contributed by atoms with E-state index in [0.717, 1.165) is 18.8 Å². The first kappa shape index (κ1) is 16.3. The third-order valence-corrected chi connectivity index (χ3v) is 6.49. The summed E-state index contributed by atoms with van der Waals surface area (Å²) in [5.74, 6) is 1.14. The van der Waals surface area contributed by atoms with Gasteiger partial charge in [0.1, 0.15) is 0 Å². The molecule has 0 amide bonds. The summed E-state index contributed by atoms with van der Waals surface area (Å²) in [4.78, 5) is 2.45. The summed E-state index contributed by atoms with van der Waals surface area (Å²) >= 11 is 1.93. The van der Waals surface area contributed by atoms with Crippen molar-refractivity contribution in [3.05, 3.63) is 29.8 Å². The highest BCUT2D eigenvalue weighted by Crippen LogP contribution is 2.29. The van der Waals surface area contributed by atoms with Crippen LogP contribution < -0.4 is 0 Å². The number of hydrogen-bond donors (Lipinski definition) is 0. The van der Waals surface area contributed by atoms with E-state index < -0.39 is 9.84 Å². The second-order valence-electron chi connectivity index (χ2n) is 5.84. The molecule has 0 aromatic heterocycles. The molecule has 114 valence electrons. The lowest BCUT2D eigenvalue weighted by atomic mass is 10.2. The van der Waals surface area contributed by atoms with Gasteiger partial charge in [0.15, 0.2) is 9.84 Å². The first-order valence-corrected chi connectivity index (χ1v) is 9.55. The molecule has 0 saturated carbocycles. The smallest absolute Gasteiger partial charge is 0.179 e. The van der Waals surface area contributed by atoms with Crippen LogP contribution in [0, 0.1) is 11.3 Å². The van der Waals surface area contributed by atoms with Gasteiger partial charge in [0, 0.05) is 30.1 Å². The average molecular weight is 324 g/mol. The Morgan fingerprint density at radius 2 is 2.19 bits per heavy atom. The summed E-state index contributed by atoms with van der Waals surface area (Å²) in [7, 11) is -3.33. The van der Waals surface area contributed by atoms with Crippen molar-refractivity contribution in [1.29, 1.82) is 5.26 Å². The third kappa shape index (κ3) is 4.47. The highest BCUT2D eigenvalue weighted by molar-refractivity contribution is 8.00. The van der Waals surface area contributed by atoms with E-state index in [1.807, 2.05) is 17.8 Å². The van der Waals surface area contributed by atoms with Gasteiger partial charge in [0.25, 0.3) is 0 Å². The molecule has 0 aliphatic carbocycles. The Morgan fingerprint density at radius 3 is 2.86 bits per heavy atom. The van der Waals surface area contributed by atoms with Crippen LogP contribution >= 0.6 is 11.8 Å².